The van der Waals surface area contributed by atoms with E-state index in [9.17, 15) is 4.79 Å². The Balaban J connectivity index is 1.88. The molecule has 1 aliphatic rings. The van der Waals surface area contributed by atoms with E-state index in [1.54, 1.807) is 11.9 Å². The van der Waals surface area contributed by atoms with Crippen LogP contribution in [0, 0.1) is 12.3 Å². The molecular weight excluding hydrogens is 230 g/mol. The number of carbonyl (C=O) groups is 1. The second-order valence-electron chi connectivity index (χ2n) is 5.41. The van der Waals surface area contributed by atoms with E-state index in [0.717, 1.165) is 24.3 Å². The first kappa shape index (κ1) is 13.1. The molecule has 0 saturated heterocycles. The lowest BCUT2D eigenvalue weighted by Crippen LogP contribution is -2.42. The smallest absolute Gasteiger partial charge is 0.223 e. The van der Waals surface area contributed by atoms with Gasteiger partial charge < -0.3 is 15.2 Å². The molecule has 1 amide bonds. The van der Waals surface area contributed by atoms with Crippen molar-refractivity contribution in [2.45, 2.75) is 39.2 Å². The first-order valence-electron chi connectivity index (χ1n) is 6.41. The average Bonchev–Trinajstić information content (AvgIpc) is 2.69. The van der Waals surface area contributed by atoms with Crippen LogP contribution in [0.5, 0.6) is 0 Å². The maximum Gasteiger partial charge on any atom is 0.223 e. The highest BCUT2D eigenvalue weighted by Gasteiger charge is 2.38. The van der Waals surface area contributed by atoms with Crippen molar-refractivity contribution in [2.75, 3.05) is 13.6 Å². The molecule has 0 aromatic carbocycles. The first-order valence-corrected chi connectivity index (χ1v) is 6.41. The van der Waals surface area contributed by atoms with E-state index in [4.69, 9.17) is 10.3 Å². The van der Waals surface area contributed by atoms with Crippen LogP contribution in [0.15, 0.2) is 10.6 Å². The number of amides is 1. The van der Waals surface area contributed by atoms with Crippen molar-refractivity contribution in [1.82, 2.24) is 10.1 Å². The molecule has 1 aliphatic carbocycles. The molecule has 1 aromatic rings. The van der Waals surface area contributed by atoms with Gasteiger partial charge in [-0.3, -0.25) is 4.79 Å². The van der Waals surface area contributed by atoms with Crippen LogP contribution in [0.25, 0.3) is 0 Å². The van der Waals surface area contributed by atoms with Crippen molar-refractivity contribution < 1.29 is 9.32 Å². The number of aryl methyl sites for hydroxylation is 1. The number of nitrogens with zero attached hydrogens (tertiary/aromatic N) is 2. The van der Waals surface area contributed by atoms with E-state index < -0.39 is 0 Å². The SMILES string of the molecule is Cc1cc(CN(C)C(=O)CC2(CN)CCC2)no1. The van der Waals surface area contributed by atoms with E-state index >= 15 is 0 Å². The van der Waals surface area contributed by atoms with Gasteiger partial charge in [0.25, 0.3) is 0 Å². The summed E-state index contributed by atoms with van der Waals surface area (Å²) in [6.07, 6.45) is 3.89. The van der Waals surface area contributed by atoms with Crippen molar-refractivity contribution >= 4 is 5.91 Å². The van der Waals surface area contributed by atoms with E-state index in [0.29, 0.717) is 19.5 Å². The zero-order valence-electron chi connectivity index (χ0n) is 11.1. The summed E-state index contributed by atoms with van der Waals surface area (Å²) < 4.78 is 4.99. The summed E-state index contributed by atoms with van der Waals surface area (Å²) in [7, 11) is 1.80. The zero-order valence-corrected chi connectivity index (χ0v) is 11.1. The molecule has 5 heteroatoms. The average molecular weight is 251 g/mol. The maximum absolute atomic E-state index is 12.1. The summed E-state index contributed by atoms with van der Waals surface area (Å²) in [5, 5.41) is 3.90. The highest BCUT2D eigenvalue weighted by atomic mass is 16.5. The van der Waals surface area contributed by atoms with Crippen LogP contribution >= 0.6 is 0 Å². The normalized spacial score (nSPS) is 17.3. The third-order valence-electron chi connectivity index (χ3n) is 3.88. The number of rotatable bonds is 5. The molecule has 0 unspecified atom stereocenters. The fourth-order valence-corrected chi connectivity index (χ4v) is 2.41. The number of hydrogen-bond donors (Lipinski definition) is 1. The molecule has 0 aliphatic heterocycles. The highest BCUT2D eigenvalue weighted by molar-refractivity contribution is 5.76. The Labute approximate surface area is 107 Å². The van der Waals surface area contributed by atoms with Crippen LogP contribution in [0.1, 0.15) is 37.1 Å². The molecule has 18 heavy (non-hydrogen) atoms. The maximum atomic E-state index is 12.1. The Morgan fingerprint density at radius 2 is 2.33 bits per heavy atom. The van der Waals surface area contributed by atoms with E-state index in [-0.39, 0.29) is 11.3 Å². The van der Waals surface area contributed by atoms with Gasteiger partial charge in [-0.2, -0.15) is 0 Å². The summed E-state index contributed by atoms with van der Waals surface area (Å²) in [6.45, 7) is 2.95. The van der Waals surface area contributed by atoms with Crippen LogP contribution in [0.3, 0.4) is 0 Å². The largest absolute Gasteiger partial charge is 0.361 e. The Bertz CT molecular complexity index is 418. The van der Waals surface area contributed by atoms with Crippen LogP contribution in [0.4, 0.5) is 0 Å². The van der Waals surface area contributed by atoms with E-state index in [1.165, 1.54) is 6.42 Å². The number of nitrogens with two attached hydrogens (primary N) is 1. The monoisotopic (exact) mass is 251 g/mol. The third-order valence-corrected chi connectivity index (χ3v) is 3.88. The molecule has 1 fully saturated rings. The predicted molar refractivity (Wildman–Crippen MR) is 67.7 cm³/mol. The summed E-state index contributed by atoms with van der Waals surface area (Å²) in [4.78, 5) is 13.8. The third kappa shape index (κ3) is 2.72. The zero-order chi connectivity index (χ0) is 13.2. The van der Waals surface area contributed by atoms with Gasteiger partial charge in [-0.15, -0.1) is 0 Å². The minimum atomic E-state index is 0.0606. The van der Waals surface area contributed by atoms with E-state index in [1.807, 2.05) is 13.0 Å². The minimum Gasteiger partial charge on any atom is -0.361 e. The second-order valence-corrected chi connectivity index (χ2v) is 5.41. The van der Waals surface area contributed by atoms with Gasteiger partial charge in [0.1, 0.15) is 11.5 Å². The molecule has 100 valence electrons. The fourth-order valence-electron chi connectivity index (χ4n) is 2.41. The molecule has 2 rings (SSSR count). The lowest BCUT2D eigenvalue weighted by molar-refractivity contribution is -0.134. The number of hydrogen-bond acceptors (Lipinski definition) is 4. The molecule has 2 N–H and O–H groups in total. The molecular formula is C13H21N3O2. The fraction of sp³-hybridized carbons (Fsp3) is 0.692. The van der Waals surface area contributed by atoms with Crippen molar-refractivity contribution in [2.24, 2.45) is 11.1 Å². The highest BCUT2D eigenvalue weighted by Crippen LogP contribution is 2.43. The predicted octanol–water partition coefficient (Wildman–Crippen LogP) is 1.46. The molecule has 0 spiro atoms. The lowest BCUT2D eigenvalue weighted by Gasteiger charge is -2.41. The summed E-state index contributed by atoms with van der Waals surface area (Å²) in [6, 6.07) is 1.85. The van der Waals surface area contributed by atoms with Crippen molar-refractivity contribution in [3.8, 4) is 0 Å². The van der Waals surface area contributed by atoms with Gasteiger partial charge in [0.05, 0.1) is 6.54 Å². The second kappa shape index (κ2) is 5.10. The lowest BCUT2D eigenvalue weighted by atomic mass is 9.66. The standard InChI is InChI=1S/C13H21N3O2/c1-10-6-11(15-18-10)8-16(2)12(17)7-13(9-14)4-3-5-13/h6H,3-5,7-9,14H2,1-2H3. The van der Waals surface area contributed by atoms with Gasteiger partial charge in [0.2, 0.25) is 5.91 Å². The summed E-state index contributed by atoms with van der Waals surface area (Å²) in [5.74, 6) is 0.907. The van der Waals surface area contributed by atoms with Crippen LogP contribution < -0.4 is 5.73 Å². The van der Waals surface area contributed by atoms with Crippen LogP contribution in [0.2, 0.25) is 0 Å². The number of aromatic nitrogens is 1. The first-order chi connectivity index (χ1) is 8.54. The number of carbonyl (C=O) groups excluding carboxylic acids is 1. The van der Waals surface area contributed by atoms with Gasteiger partial charge in [-0.25, -0.2) is 0 Å². The van der Waals surface area contributed by atoms with Gasteiger partial charge >= 0.3 is 0 Å². The Kier molecular flexibility index (Phi) is 3.71. The Morgan fingerprint density at radius 3 is 2.78 bits per heavy atom. The Hall–Kier alpha value is -1.36. The molecule has 1 heterocycles. The molecule has 1 saturated carbocycles. The topological polar surface area (TPSA) is 72.4 Å². The van der Waals surface area contributed by atoms with Gasteiger partial charge in [-0.05, 0) is 31.7 Å². The molecule has 0 bridgehead atoms. The summed E-state index contributed by atoms with van der Waals surface area (Å²) in [5.41, 5.74) is 6.63. The van der Waals surface area contributed by atoms with Gasteiger partial charge in [-0.1, -0.05) is 11.6 Å². The van der Waals surface area contributed by atoms with Crippen molar-refractivity contribution in [1.29, 1.82) is 0 Å². The van der Waals surface area contributed by atoms with Crippen LogP contribution in [-0.2, 0) is 11.3 Å². The molecule has 5 nitrogen and oxygen atoms in total. The summed E-state index contributed by atoms with van der Waals surface area (Å²) >= 11 is 0. The van der Waals surface area contributed by atoms with E-state index in [2.05, 4.69) is 5.16 Å². The molecule has 1 aromatic heterocycles. The van der Waals surface area contributed by atoms with Crippen LogP contribution in [-0.4, -0.2) is 29.6 Å². The Morgan fingerprint density at radius 1 is 1.61 bits per heavy atom. The minimum absolute atomic E-state index is 0.0606. The van der Waals surface area contributed by atoms with Crippen molar-refractivity contribution in [3.63, 3.8) is 0 Å². The quantitative estimate of drug-likeness (QED) is 0.860. The molecule has 0 atom stereocenters. The van der Waals surface area contributed by atoms with Gasteiger partial charge in [0, 0.05) is 19.5 Å². The molecule has 0 radical (unpaired) electrons. The van der Waals surface area contributed by atoms with Crippen molar-refractivity contribution in [3.05, 3.63) is 17.5 Å². The van der Waals surface area contributed by atoms with Gasteiger partial charge in [0.15, 0.2) is 0 Å².